The van der Waals surface area contributed by atoms with E-state index in [2.05, 4.69) is 35.0 Å². The molecular weight excluding hydrogens is 234 g/mol. The molecule has 0 aromatic carbocycles. The second-order valence-corrected chi connectivity index (χ2v) is 6.54. The Kier molecular flexibility index (Phi) is 3.92. The summed E-state index contributed by atoms with van der Waals surface area (Å²) in [4.78, 5) is 0. The van der Waals surface area contributed by atoms with Gasteiger partial charge in [-0.3, -0.25) is 4.68 Å². The Morgan fingerprint density at radius 1 is 1.32 bits per heavy atom. The summed E-state index contributed by atoms with van der Waals surface area (Å²) in [6.45, 7) is 6.80. The van der Waals surface area contributed by atoms with Crippen LogP contribution in [-0.2, 0) is 6.54 Å². The van der Waals surface area contributed by atoms with Gasteiger partial charge in [-0.25, -0.2) is 0 Å². The summed E-state index contributed by atoms with van der Waals surface area (Å²) < 4.78 is 2.20. The van der Waals surface area contributed by atoms with Gasteiger partial charge in [0, 0.05) is 30.4 Å². The second kappa shape index (κ2) is 5.66. The van der Waals surface area contributed by atoms with E-state index in [9.17, 15) is 0 Å². The minimum Gasteiger partial charge on any atom is -0.314 e. The van der Waals surface area contributed by atoms with Gasteiger partial charge in [-0.05, 0) is 57.1 Å². The molecule has 3 rings (SSSR count). The number of hydrogen-bond donors (Lipinski definition) is 1. The Balaban J connectivity index is 1.72. The molecule has 3 atom stereocenters. The lowest BCUT2D eigenvalue weighted by atomic mass is 9.73. The Hall–Kier alpha value is -0.830. The highest BCUT2D eigenvalue weighted by molar-refractivity contribution is 5.11. The Labute approximate surface area is 116 Å². The molecule has 2 aliphatic rings. The molecule has 0 saturated heterocycles. The zero-order valence-electron chi connectivity index (χ0n) is 12.3. The van der Waals surface area contributed by atoms with Gasteiger partial charge in [0.15, 0.2) is 0 Å². The van der Waals surface area contributed by atoms with Crippen molar-refractivity contribution in [3.63, 3.8) is 0 Å². The highest BCUT2D eigenvalue weighted by Gasteiger charge is 2.32. The molecule has 1 aromatic heterocycles. The van der Waals surface area contributed by atoms with Gasteiger partial charge in [0.2, 0.25) is 0 Å². The van der Waals surface area contributed by atoms with Crippen molar-refractivity contribution in [2.75, 3.05) is 6.54 Å². The van der Waals surface area contributed by atoms with Crippen molar-refractivity contribution in [1.29, 1.82) is 0 Å². The van der Waals surface area contributed by atoms with Crippen LogP contribution in [0, 0.1) is 11.8 Å². The Morgan fingerprint density at radius 2 is 2.16 bits per heavy atom. The summed E-state index contributed by atoms with van der Waals surface area (Å²) in [7, 11) is 0. The van der Waals surface area contributed by atoms with E-state index in [1.807, 2.05) is 6.20 Å². The Bertz CT molecular complexity index is 408. The van der Waals surface area contributed by atoms with Crippen molar-refractivity contribution in [3.05, 3.63) is 18.0 Å². The van der Waals surface area contributed by atoms with Crippen molar-refractivity contribution < 1.29 is 0 Å². The first-order chi connectivity index (χ1) is 9.28. The van der Waals surface area contributed by atoms with Crippen LogP contribution in [0.5, 0.6) is 0 Å². The number of hydrogen-bond acceptors (Lipinski definition) is 2. The van der Waals surface area contributed by atoms with Crippen LogP contribution in [0.15, 0.2) is 12.3 Å². The van der Waals surface area contributed by atoms with Crippen molar-refractivity contribution in [2.45, 2.75) is 64.5 Å². The monoisotopic (exact) mass is 261 g/mol. The van der Waals surface area contributed by atoms with Crippen LogP contribution in [0.1, 0.15) is 57.6 Å². The SMILES string of the molecule is CCn1nccc1C1CC(C)CCC1CNC1CC1. The molecule has 0 spiro atoms. The van der Waals surface area contributed by atoms with Crippen molar-refractivity contribution in [3.8, 4) is 0 Å². The third-order valence-electron chi connectivity index (χ3n) is 4.93. The predicted octanol–water partition coefficient (Wildman–Crippen LogP) is 3.17. The summed E-state index contributed by atoms with van der Waals surface area (Å²) in [6.07, 6.45) is 8.86. The summed E-state index contributed by atoms with van der Waals surface area (Å²) in [5.74, 6) is 2.37. The molecule has 0 aliphatic heterocycles. The summed E-state index contributed by atoms with van der Waals surface area (Å²) in [6, 6.07) is 3.08. The van der Waals surface area contributed by atoms with Gasteiger partial charge < -0.3 is 5.32 Å². The lowest BCUT2D eigenvalue weighted by Gasteiger charge is -2.35. The zero-order valence-corrected chi connectivity index (χ0v) is 12.3. The van der Waals surface area contributed by atoms with Gasteiger partial charge in [0.05, 0.1) is 0 Å². The summed E-state index contributed by atoms with van der Waals surface area (Å²) >= 11 is 0. The van der Waals surface area contributed by atoms with Crippen LogP contribution in [-0.4, -0.2) is 22.4 Å². The quantitative estimate of drug-likeness (QED) is 0.882. The van der Waals surface area contributed by atoms with Crippen LogP contribution < -0.4 is 5.32 Å². The number of nitrogens with zero attached hydrogens (tertiary/aromatic N) is 2. The van der Waals surface area contributed by atoms with Crippen molar-refractivity contribution >= 4 is 0 Å². The maximum absolute atomic E-state index is 4.47. The molecule has 2 fully saturated rings. The fraction of sp³-hybridized carbons (Fsp3) is 0.812. The van der Waals surface area contributed by atoms with Gasteiger partial charge >= 0.3 is 0 Å². The third-order valence-corrected chi connectivity index (χ3v) is 4.93. The molecule has 1 aromatic rings. The van der Waals surface area contributed by atoms with E-state index in [0.717, 1.165) is 24.4 Å². The van der Waals surface area contributed by atoms with Crippen LogP contribution in [0.2, 0.25) is 0 Å². The van der Waals surface area contributed by atoms with E-state index in [-0.39, 0.29) is 0 Å². The maximum atomic E-state index is 4.47. The topological polar surface area (TPSA) is 29.9 Å². The minimum absolute atomic E-state index is 0.706. The van der Waals surface area contributed by atoms with Crippen LogP contribution in [0.25, 0.3) is 0 Å². The van der Waals surface area contributed by atoms with E-state index in [4.69, 9.17) is 0 Å². The first kappa shape index (κ1) is 13.2. The average Bonchev–Trinajstić information content (AvgIpc) is 3.12. The first-order valence-corrected chi connectivity index (χ1v) is 8.03. The Morgan fingerprint density at radius 3 is 2.89 bits per heavy atom. The van der Waals surface area contributed by atoms with Gasteiger partial charge in [-0.15, -0.1) is 0 Å². The zero-order chi connectivity index (χ0) is 13.2. The number of aromatic nitrogens is 2. The second-order valence-electron chi connectivity index (χ2n) is 6.54. The largest absolute Gasteiger partial charge is 0.314 e. The molecule has 0 bridgehead atoms. The fourth-order valence-corrected chi connectivity index (χ4v) is 3.58. The van der Waals surface area contributed by atoms with E-state index < -0.39 is 0 Å². The highest BCUT2D eigenvalue weighted by atomic mass is 15.3. The van der Waals surface area contributed by atoms with E-state index in [0.29, 0.717) is 5.92 Å². The van der Waals surface area contributed by atoms with Crippen molar-refractivity contribution in [2.24, 2.45) is 11.8 Å². The van der Waals surface area contributed by atoms with Crippen molar-refractivity contribution in [1.82, 2.24) is 15.1 Å². The molecule has 2 aliphatic carbocycles. The molecule has 1 heterocycles. The standard InChI is InChI=1S/C16H27N3/c1-3-19-16(8-9-18-19)15-10-12(2)4-5-13(15)11-17-14-6-7-14/h8-9,12-15,17H,3-7,10-11H2,1-2H3. The van der Waals surface area contributed by atoms with Crippen LogP contribution in [0.3, 0.4) is 0 Å². The van der Waals surface area contributed by atoms with Gasteiger partial charge in [-0.1, -0.05) is 13.3 Å². The molecule has 106 valence electrons. The third kappa shape index (κ3) is 3.02. The highest BCUT2D eigenvalue weighted by Crippen LogP contribution is 2.40. The predicted molar refractivity (Wildman–Crippen MR) is 78.2 cm³/mol. The molecular formula is C16H27N3. The molecule has 3 unspecified atom stereocenters. The molecule has 19 heavy (non-hydrogen) atoms. The molecule has 0 radical (unpaired) electrons. The summed E-state index contributed by atoms with van der Waals surface area (Å²) in [5, 5.41) is 8.21. The van der Waals surface area contributed by atoms with E-state index in [1.54, 1.807) is 0 Å². The van der Waals surface area contributed by atoms with Crippen LogP contribution in [0.4, 0.5) is 0 Å². The molecule has 3 nitrogen and oxygen atoms in total. The smallest absolute Gasteiger partial charge is 0.0492 e. The number of rotatable bonds is 5. The average molecular weight is 261 g/mol. The minimum atomic E-state index is 0.706. The number of nitrogens with one attached hydrogen (secondary N) is 1. The maximum Gasteiger partial charge on any atom is 0.0492 e. The van der Waals surface area contributed by atoms with E-state index >= 15 is 0 Å². The molecule has 3 heteroatoms. The molecule has 1 N–H and O–H groups in total. The normalized spacial score (nSPS) is 31.6. The fourth-order valence-electron chi connectivity index (χ4n) is 3.58. The van der Waals surface area contributed by atoms with Gasteiger partial charge in [-0.2, -0.15) is 5.10 Å². The molecule has 2 saturated carbocycles. The van der Waals surface area contributed by atoms with Crippen LogP contribution >= 0.6 is 0 Å². The lowest BCUT2D eigenvalue weighted by Crippen LogP contribution is -2.33. The number of aryl methyl sites for hydroxylation is 1. The van der Waals surface area contributed by atoms with Gasteiger partial charge in [0.1, 0.15) is 0 Å². The summed E-state index contributed by atoms with van der Waals surface area (Å²) in [5.41, 5.74) is 1.47. The lowest BCUT2D eigenvalue weighted by molar-refractivity contribution is 0.232. The van der Waals surface area contributed by atoms with Gasteiger partial charge in [0.25, 0.3) is 0 Å². The first-order valence-electron chi connectivity index (χ1n) is 8.03. The van der Waals surface area contributed by atoms with E-state index in [1.165, 1.54) is 44.3 Å². The molecule has 0 amide bonds.